The smallest absolute Gasteiger partial charge is 0.110 e. The molecule has 3 N–H and O–H groups in total. The van der Waals surface area contributed by atoms with Crippen LogP contribution in [0.2, 0.25) is 0 Å². The monoisotopic (exact) mass is 329 g/mol. The highest BCUT2D eigenvalue weighted by Gasteiger charge is 2.22. The summed E-state index contributed by atoms with van der Waals surface area (Å²) < 4.78 is 12.7. The maximum Gasteiger partial charge on any atom is 0.110 e. The molecule has 0 bridgehead atoms. The number of alkyl halides is 1. The molecule has 0 aliphatic rings. The number of rotatable bonds is 17. The van der Waals surface area contributed by atoms with Crippen LogP contribution < -0.4 is 5.73 Å². The zero-order valence-electron chi connectivity index (χ0n) is 15.4. The largest absolute Gasteiger partial charge is 0.394 e. The lowest BCUT2D eigenvalue weighted by Gasteiger charge is -2.23. The number of hydrogen-bond donors (Lipinski definition) is 2. The fourth-order valence-electron chi connectivity index (χ4n) is 2.85. The Hall–Kier alpha value is -0.410. The van der Waals surface area contributed by atoms with Gasteiger partial charge in [-0.05, 0) is 32.1 Å². The number of aliphatic hydroxyl groups is 1. The van der Waals surface area contributed by atoms with Crippen LogP contribution in [0, 0.1) is 0 Å². The molecule has 0 amide bonds. The first kappa shape index (κ1) is 22.6. The van der Waals surface area contributed by atoms with E-state index < -0.39 is 12.2 Å². The minimum atomic E-state index is -1.01. The molecular weight excluding hydrogens is 289 g/mol. The second kappa shape index (κ2) is 15.1. The van der Waals surface area contributed by atoms with Crippen LogP contribution in [-0.2, 0) is 0 Å². The molecule has 0 aliphatic carbocycles. The Kier molecular flexibility index (Phi) is 14.9. The summed E-state index contributed by atoms with van der Waals surface area (Å²) in [6, 6.07) is 0. The van der Waals surface area contributed by atoms with Gasteiger partial charge in [0.05, 0.1) is 12.1 Å². The molecule has 0 saturated carbocycles. The summed E-state index contributed by atoms with van der Waals surface area (Å²) in [4.78, 5) is 0. The van der Waals surface area contributed by atoms with Gasteiger partial charge in [-0.2, -0.15) is 0 Å². The summed E-state index contributed by atoms with van der Waals surface area (Å²) in [6.45, 7) is 5.54. The van der Waals surface area contributed by atoms with Crippen molar-refractivity contribution in [2.45, 2.75) is 102 Å². The van der Waals surface area contributed by atoms with Crippen LogP contribution in [0.4, 0.5) is 4.39 Å². The van der Waals surface area contributed by atoms with E-state index in [1.165, 1.54) is 63.4 Å². The molecule has 0 aromatic carbocycles. The highest BCUT2D eigenvalue weighted by atomic mass is 19.1. The molecule has 0 saturated heterocycles. The van der Waals surface area contributed by atoms with Crippen LogP contribution >= 0.6 is 0 Å². The summed E-state index contributed by atoms with van der Waals surface area (Å²) in [5, 5.41) is 9.04. The van der Waals surface area contributed by atoms with Gasteiger partial charge in [0.1, 0.15) is 6.67 Å². The van der Waals surface area contributed by atoms with Crippen LogP contribution in [0.3, 0.4) is 0 Å². The molecule has 0 fully saturated rings. The molecule has 23 heavy (non-hydrogen) atoms. The van der Waals surface area contributed by atoms with Gasteiger partial charge in [-0.1, -0.05) is 76.9 Å². The molecule has 0 radical (unpaired) electrons. The van der Waals surface area contributed by atoms with Gasteiger partial charge >= 0.3 is 0 Å². The number of hydrogen-bond acceptors (Lipinski definition) is 2. The lowest BCUT2D eigenvalue weighted by molar-refractivity contribution is 0.154. The Morgan fingerprint density at radius 1 is 0.913 bits per heavy atom. The zero-order chi connectivity index (χ0) is 17.4. The fraction of sp³-hybridized carbons (Fsp3) is 0.900. The topological polar surface area (TPSA) is 46.2 Å². The maximum absolute atomic E-state index is 12.7. The predicted molar refractivity (Wildman–Crippen MR) is 99.4 cm³/mol. The van der Waals surface area contributed by atoms with E-state index in [1.54, 1.807) is 0 Å². The van der Waals surface area contributed by atoms with Crippen molar-refractivity contribution in [1.82, 2.24) is 0 Å². The van der Waals surface area contributed by atoms with Crippen LogP contribution in [0.15, 0.2) is 12.2 Å². The molecule has 0 aliphatic heterocycles. The molecule has 0 rings (SSSR count). The Bertz CT molecular complexity index is 277. The molecule has 0 spiro atoms. The predicted octanol–water partition coefficient (Wildman–Crippen LogP) is 5.68. The molecule has 1 atom stereocenters. The number of unbranched alkanes of at least 4 members (excludes halogenated alkanes) is 9. The number of halogens is 1. The van der Waals surface area contributed by atoms with Gasteiger partial charge in [-0.15, -0.1) is 0 Å². The minimum Gasteiger partial charge on any atom is -0.394 e. The van der Waals surface area contributed by atoms with E-state index in [9.17, 15) is 4.39 Å². The highest BCUT2D eigenvalue weighted by Crippen LogP contribution is 2.18. The van der Waals surface area contributed by atoms with Gasteiger partial charge in [0.25, 0.3) is 0 Å². The Balaban J connectivity index is 3.36. The molecule has 0 aromatic rings. The second-order valence-corrected chi connectivity index (χ2v) is 7.19. The average molecular weight is 330 g/mol. The standard InChI is InChI=1S/C20H40FNO/c1-3-4-5-6-8-11-14-19(2)15-12-9-7-10-13-16-20(22,17-21)18-23/h23H,2-18,22H2,1H3. The first-order valence-electron chi connectivity index (χ1n) is 9.70. The average Bonchev–Trinajstić information content (AvgIpc) is 2.56. The van der Waals surface area contributed by atoms with Crippen molar-refractivity contribution in [3.8, 4) is 0 Å². The normalized spacial score (nSPS) is 13.9. The van der Waals surface area contributed by atoms with Gasteiger partial charge in [-0.25, -0.2) is 4.39 Å². The molecule has 1 unspecified atom stereocenters. The number of nitrogens with two attached hydrogens (primary N) is 1. The van der Waals surface area contributed by atoms with Crippen molar-refractivity contribution >= 4 is 0 Å². The van der Waals surface area contributed by atoms with E-state index in [-0.39, 0.29) is 6.61 Å². The molecule has 2 nitrogen and oxygen atoms in total. The fourth-order valence-corrected chi connectivity index (χ4v) is 2.85. The third-order valence-electron chi connectivity index (χ3n) is 4.67. The van der Waals surface area contributed by atoms with E-state index in [0.717, 1.165) is 25.7 Å². The van der Waals surface area contributed by atoms with Crippen molar-refractivity contribution in [2.24, 2.45) is 5.73 Å². The zero-order valence-corrected chi connectivity index (χ0v) is 15.4. The van der Waals surface area contributed by atoms with Gasteiger partial charge in [0.2, 0.25) is 0 Å². The van der Waals surface area contributed by atoms with E-state index in [2.05, 4.69) is 13.5 Å². The van der Waals surface area contributed by atoms with Crippen LogP contribution in [0.1, 0.15) is 96.8 Å². The van der Waals surface area contributed by atoms with Crippen molar-refractivity contribution in [3.05, 3.63) is 12.2 Å². The van der Waals surface area contributed by atoms with E-state index >= 15 is 0 Å². The molecular formula is C20H40FNO. The second-order valence-electron chi connectivity index (χ2n) is 7.19. The Labute approximate surface area is 143 Å². The van der Waals surface area contributed by atoms with Crippen LogP contribution in [0.25, 0.3) is 0 Å². The summed E-state index contributed by atoms with van der Waals surface area (Å²) in [5.74, 6) is 0. The lowest BCUT2D eigenvalue weighted by Crippen LogP contribution is -2.45. The Morgan fingerprint density at radius 3 is 1.87 bits per heavy atom. The van der Waals surface area contributed by atoms with E-state index in [4.69, 9.17) is 10.8 Å². The van der Waals surface area contributed by atoms with Gasteiger partial charge in [-0.3, -0.25) is 0 Å². The van der Waals surface area contributed by atoms with Crippen LogP contribution in [-0.4, -0.2) is 23.9 Å². The van der Waals surface area contributed by atoms with Crippen molar-refractivity contribution in [2.75, 3.05) is 13.3 Å². The summed E-state index contributed by atoms with van der Waals surface area (Å²) >= 11 is 0. The lowest BCUT2D eigenvalue weighted by atomic mass is 9.95. The summed E-state index contributed by atoms with van der Waals surface area (Å²) in [7, 11) is 0. The van der Waals surface area contributed by atoms with Crippen molar-refractivity contribution < 1.29 is 9.50 Å². The molecule has 3 heteroatoms. The van der Waals surface area contributed by atoms with E-state index in [1.807, 2.05) is 0 Å². The van der Waals surface area contributed by atoms with E-state index in [0.29, 0.717) is 6.42 Å². The first-order valence-corrected chi connectivity index (χ1v) is 9.70. The van der Waals surface area contributed by atoms with Crippen LogP contribution in [0.5, 0.6) is 0 Å². The third kappa shape index (κ3) is 13.7. The third-order valence-corrected chi connectivity index (χ3v) is 4.67. The quantitative estimate of drug-likeness (QED) is 0.266. The molecule has 0 aromatic heterocycles. The summed E-state index contributed by atoms with van der Waals surface area (Å²) in [5.41, 5.74) is 6.12. The minimum absolute atomic E-state index is 0.262. The highest BCUT2D eigenvalue weighted by molar-refractivity contribution is 4.93. The first-order chi connectivity index (χ1) is 11.1. The SMILES string of the molecule is C=C(CCCCCCCC)CCCCCCCC(N)(CO)CF. The maximum atomic E-state index is 12.7. The molecule has 138 valence electrons. The van der Waals surface area contributed by atoms with Gasteiger partial charge in [0.15, 0.2) is 0 Å². The Morgan fingerprint density at radius 2 is 1.39 bits per heavy atom. The number of allylic oxidation sites excluding steroid dienone is 1. The summed E-state index contributed by atoms with van der Waals surface area (Å²) in [6.07, 6.45) is 16.6. The van der Waals surface area contributed by atoms with Gasteiger partial charge in [0, 0.05) is 0 Å². The van der Waals surface area contributed by atoms with Gasteiger partial charge < -0.3 is 10.8 Å². The molecule has 0 heterocycles. The number of aliphatic hydroxyl groups excluding tert-OH is 1. The van der Waals surface area contributed by atoms with Crippen molar-refractivity contribution in [3.63, 3.8) is 0 Å². The van der Waals surface area contributed by atoms with Crippen molar-refractivity contribution in [1.29, 1.82) is 0 Å².